The van der Waals surface area contributed by atoms with E-state index in [0.29, 0.717) is 12.4 Å². The molecular formula is C23H21ClN2O4S. The van der Waals surface area contributed by atoms with E-state index in [9.17, 15) is 13.2 Å². The Bertz CT molecular complexity index is 1250. The van der Waals surface area contributed by atoms with Crippen LogP contribution >= 0.6 is 11.6 Å². The van der Waals surface area contributed by atoms with Crippen LogP contribution < -0.4 is 13.8 Å². The molecular weight excluding hydrogens is 436 g/mol. The van der Waals surface area contributed by atoms with Gasteiger partial charge in [-0.25, -0.2) is 9.03 Å². The summed E-state index contributed by atoms with van der Waals surface area (Å²) in [5, 5.41) is 0.182. The first-order valence-corrected chi connectivity index (χ1v) is 11.5. The van der Waals surface area contributed by atoms with Crippen LogP contribution in [0.25, 0.3) is 11.1 Å². The molecule has 1 aliphatic heterocycles. The first kappa shape index (κ1) is 21.2. The number of carbonyl (C=O) groups is 1. The third kappa shape index (κ3) is 4.38. The largest absolute Gasteiger partial charge is 0.489 e. The number of ether oxygens (including phenoxy) is 1. The molecule has 8 heteroatoms. The third-order valence-corrected chi connectivity index (χ3v) is 6.80. The molecule has 6 nitrogen and oxygen atoms in total. The number of hydrogen-bond donors (Lipinski definition) is 1. The summed E-state index contributed by atoms with van der Waals surface area (Å²) in [6.45, 7) is 4.22. The fourth-order valence-electron chi connectivity index (χ4n) is 3.69. The third-order valence-electron chi connectivity index (χ3n) is 5.11. The van der Waals surface area contributed by atoms with Gasteiger partial charge in [0, 0.05) is 6.07 Å². The van der Waals surface area contributed by atoms with E-state index in [1.165, 1.54) is 22.8 Å². The number of halogens is 1. The van der Waals surface area contributed by atoms with E-state index in [1.807, 2.05) is 22.9 Å². The van der Waals surface area contributed by atoms with Gasteiger partial charge in [-0.1, -0.05) is 48.0 Å². The molecule has 3 aromatic rings. The Labute approximate surface area is 186 Å². The van der Waals surface area contributed by atoms with E-state index in [-0.39, 0.29) is 17.3 Å². The van der Waals surface area contributed by atoms with Crippen LogP contribution in [0, 0.1) is 13.8 Å². The van der Waals surface area contributed by atoms with Crippen molar-refractivity contribution >= 4 is 33.4 Å². The summed E-state index contributed by atoms with van der Waals surface area (Å²) >= 11 is 6.28. The predicted molar refractivity (Wildman–Crippen MR) is 122 cm³/mol. The minimum atomic E-state index is -3.91. The van der Waals surface area contributed by atoms with Crippen LogP contribution in [0.4, 0.5) is 5.69 Å². The highest BCUT2D eigenvalue weighted by atomic mass is 35.5. The summed E-state index contributed by atoms with van der Waals surface area (Å²) in [4.78, 5) is 11.5. The molecule has 1 heterocycles. The second-order valence-electron chi connectivity index (χ2n) is 7.41. The Balaban J connectivity index is 1.52. The van der Waals surface area contributed by atoms with Crippen molar-refractivity contribution in [3.63, 3.8) is 0 Å². The monoisotopic (exact) mass is 456 g/mol. The van der Waals surface area contributed by atoms with Crippen LogP contribution in [-0.2, 0) is 21.6 Å². The molecule has 1 fully saturated rings. The molecule has 3 aromatic carbocycles. The Morgan fingerprint density at radius 1 is 1.03 bits per heavy atom. The average molecular weight is 457 g/mol. The standard InChI is InChI=1S/C23H21ClN2O4S/c1-15-5-3-6-16(2)23(15)18-8-4-7-17(11-18)14-30-19-9-10-21(20(24)12-19)26-13-22(27)25-31(26,28)29/h3-12H,13-14H2,1-2H3,(H,25,27). The average Bonchev–Trinajstić information content (AvgIpc) is 2.98. The van der Waals surface area contributed by atoms with Crippen molar-refractivity contribution in [1.82, 2.24) is 4.72 Å². The number of nitrogens with one attached hydrogen (secondary N) is 1. The summed E-state index contributed by atoms with van der Waals surface area (Å²) in [5.41, 5.74) is 5.99. The maximum absolute atomic E-state index is 12.0. The van der Waals surface area contributed by atoms with Crippen LogP contribution in [0.15, 0.2) is 60.7 Å². The Morgan fingerprint density at radius 2 is 1.74 bits per heavy atom. The van der Waals surface area contributed by atoms with E-state index >= 15 is 0 Å². The minimum Gasteiger partial charge on any atom is -0.489 e. The van der Waals surface area contributed by atoms with Gasteiger partial charge in [0.25, 0.3) is 5.91 Å². The molecule has 0 bridgehead atoms. The number of rotatable bonds is 5. The highest BCUT2D eigenvalue weighted by Gasteiger charge is 2.35. The predicted octanol–water partition coefficient (Wildman–Crippen LogP) is 4.38. The molecule has 0 aromatic heterocycles. The van der Waals surface area contributed by atoms with E-state index in [4.69, 9.17) is 16.3 Å². The maximum Gasteiger partial charge on any atom is 0.326 e. The van der Waals surface area contributed by atoms with Crippen molar-refractivity contribution < 1.29 is 17.9 Å². The SMILES string of the molecule is Cc1cccc(C)c1-c1cccc(COc2ccc(N3CC(=O)NS3(=O)=O)c(Cl)c2)c1. The van der Waals surface area contributed by atoms with Crippen LogP contribution in [0.2, 0.25) is 5.02 Å². The van der Waals surface area contributed by atoms with Crippen LogP contribution in [-0.4, -0.2) is 20.9 Å². The fourth-order valence-corrected chi connectivity index (χ4v) is 5.18. The second kappa shape index (κ2) is 8.24. The van der Waals surface area contributed by atoms with Crippen LogP contribution in [0.3, 0.4) is 0 Å². The molecule has 0 unspecified atom stereocenters. The van der Waals surface area contributed by atoms with Crippen molar-refractivity contribution in [2.75, 3.05) is 10.8 Å². The zero-order chi connectivity index (χ0) is 22.2. The van der Waals surface area contributed by atoms with Gasteiger partial charge in [0.2, 0.25) is 0 Å². The first-order valence-electron chi connectivity index (χ1n) is 9.66. The quantitative estimate of drug-likeness (QED) is 0.618. The lowest BCUT2D eigenvalue weighted by Gasteiger charge is -2.17. The summed E-state index contributed by atoms with van der Waals surface area (Å²) < 4.78 is 32.8. The number of nitrogens with zero attached hydrogens (tertiary/aromatic N) is 1. The molecule has 4 rings (SSSR count). The van der Waals surface area contributed by atoms with Gasteiger partial charge in [0.15, 0.2) is 0 Å². The van der Waals surface area contributed by atoms with Crippen molar-refractivity contribution in [1.29, 1.82) is 0 Å². The van der Waals surface area contributed by atoms with Crippen LogP contribution in [0.5, 0.6) is 5.75 Å². The maximum atomic E-state index is 12.0. The molecule has 0 radical (unpaired) electrons. The Hall–Kier alpha value is -3.03. The summed E-state index contributed by atoms with van der Waals surface area (Å²) in [5.74, 6) is -0.0951. The van der Waals surface area contributed by atoms with Gasteiger partial charge < -0.3 is 4.74 Å². The molecule has 0 atom stereocenters. The van der Waals surface area contributed by atoms with Crippen LogP contribution in [0.1, 0.15) is 16.7 Å². The van der Waals surface area contributed by atoms with Crippen molar-refractivity contribution in [2.45, 2.75) is 20.5 Å². The molecule has 31 heavy (non-hydrogen) atoms. The van der Waals surface area contributed by atoms with Crippen molar-refractivity contribution in [3.8, 4) is 16.9 Å². The van der Waals surface area contributed by atoms with Gasteiger partial charge in [-0.3, -0.25) is 4.79 Å². The zero-order valence-electron chi connectivity index (χ0n) is 17.1. The lowest BCUT2D eigenvalue weighted by molar-refractivity contribution is -0.117. The molecule has 1 amide bonds. The number of amides is 1. The molecule has 160 valence electrons. The molecule has 1 saturated heterocycles. The van der Waals surface area contributed by atoms with Gasteiger partial charge in [-0.2, -0.15) is 8.42 Å². The van der Waals surface area contributed by atoms with E-state index in [0.717, 1.165) is 15.4 Å². The van der Waals surface area contributed by atoms with E-state index in [1.54, 1.807) is 12.1 Å². The zero-order valence-corrected chi connectivity index (χ0v) is 18.6. The Kier molecular flexibility index (Phi) is 5.64. The molecule has 1 aliphatic rings. The number of hydrogen-bond acceptors (Lipinski definition) is 4. The van der Waals surface area contributed by atoms with Gasteiger partial charge in [0.1, 0.15) is 18.9 Å². The van der Waals surface area contributed by atoms with Gasteiger partial charge in [-0.05, 0) is 59.9 Å². The normalized spacial score (nSPS) is 15.1. The summed E-state index contributed by atoms with van der Waals surface area (Å²) in [6, 6.07) is 19.1. The molecule has 0 spiro atoms. The lowest BCUT2D eigenvalue weighted by atomic mass is 9.95. The van der Waals surface area contributed by atoms with E-state index < -0.39 is 16.1 Å². The van der Waals surface area contributed by atoms with Crippen molar-refractivity contribution in [2.24, 2.45) is 0 Å². The molecule has 0 saturated carbocycles. The second-order valence-corrected chi connectivity index (χ2v) is 9.41. The Morgan fingerprint density at radius 3 is 2.39 bits per heavy atom. The van der Waals surface area contributed by atoms with Gasteiger partial charge in [0.05, 0.1) is 10.7 Å². The molecule has 1 N–H and O–H groups in total. The smallest absolute Gasteiger partial charge is 0.326 e. The van der Waals surface area contributed by atoms with Crippen molar-refractivity contribution in [3.05, 3.63) is 82.4 Å². The lowest BCUT2D eigenvalue weighted by Crippen LogP contribution is -2.29. The highest BCUT2D eigenvalue weighted by molar-refractivity contribution is 7.92. The number of aryl methyl sites for hydroxylation is 2. The van der Waals surface area contributed by atoms with Gasteiger partial charge >= 0.3 is 10.2 Å². The summed E-state index contributed by atoms with van der Waals surface area (Å²) in [6.07, 6.45) is 0. The fraction of sp³-hybridized carbons (Fsp3) is 0.174. The molecule has 0 aliphatic carbocycles. The highest BCUT2D eigenvalue weighted by Crippen LogP contribution is 2.33. The number of anilines is 1. The van der Waals surface area contributed by atoms with E-state index in [2.05, 4.69) is 38.1 Å². The first-order chi connectivity index (χ1) is 14.7. The topological polar surface area (TPSA) is 75.7 Å². The summed E-state index contributed by atoms with van der Waals surface area (Å²) in [7, 11) is -3.91. The van der Waals surface area contributed by atoms with Gasteiger partial charge in [-0.15, -0.1) is 0 Å². The number of carbonyl (C=O) groups excluding carboxylic acids is 1. The number of benzene rings is 3. The minimum absolute atomic E-state index is 0.182.